The second-order valence-electron chi connectivity index (χ2n) is 8.21. The van der Waals surface area contributed by atoms with Gasteiger partial charge in [0.1, 0.15) is 17.7 Å². The van der Waals surface area contributed by atoms with Crippen LogP contribution in [0.25, 0.3) is 10.9 Å². The first-order chi connectivity index (χ1) is 13.3. The van der Waals surface area contributed by atoms with E-state index in [9.17, 15) is 4.79 Å². The van der Waals surface area contributed by atoms with E-state index >= 15 is 0 Å². The number of carbonyl (C=O) groups is 1. The van der Waals surface area contributed by atoms with E-state index in [1.165, 1.54) is 0 Å². The van der Waals surface area contributed by atoms with Crippen molar-refractivity contribution in [2.75, 3.05) is 5.32 Å². The van der Waals surface area contributed by atoms with E-state index in [-0.39, 0.29) is 12.1 Å². The Bertz CT molecular complexity index is 1020. The van der Waals surface area contributed by atoms with Crippen LogP contribution < -0.4 is 5.32 Å². The minimum atomic E-state index is -0.521. The van der Waals surface area contributed by atoms with Gasteiger partial charge >= 0.3 is 6.09 Å². The van der Waals surface area contributed by atoms with Gasteiger partial charge in [0.2, 0.25) is 0 Å². The zero-order valence-electron chi connectivity index (χ0n) is 16.6. The summed E-state index contributed by atoms with van der Waals surface area (Å²) < 4.78 is 5.55. The van der Waals surface area contributed by atoms with Gasteiger partial charge in [0.05, 0.1) is 12.2 Å². The summed E-state index contributed by atoms with van der Waals surface area (Å²) in [7, 11) is 0. The molecule has 3 heterocycles. The van der Waals surface area contributed by atoms with Gasteiger partial charge in [-0.2, -0.15) is 0 Å². The highest BCUT2D eigenvalue weighted by molar-refractivity contribution is 5.84. The molecule has 0 aliphatic carbocycles. The summed E-state index contributed by atoms with van der Waals surface area (Å²) in [6.45, 7) is 8.06. The number of amides is 1. The number of ether oxygens (including phenoxy) is 1. The van der Waals surface area contributed by atoms with E-state index in [2.05, 4.69) is 26.3 Å². The number of hydrogen-bond acceptors (Lipinski definition) is 5. The number of H-pyrrole nitrogens is 1. The third-order valence-electron chi connectivity index (χ3n) is 4.83. The van der Waals surface area contributed by atoms with E-state index in [0.29, 0.717) is 13.0 Å². The van der Waals surface area contributed by atoms with Gasteiger partial charge in [0, 0.05) is 34.4 Å². The van der Waals surface area contributed by atoms with E-state index in [0.717, 1.165) is 33.7 Å². The fraction of sp³-hybridized carbons (Fsp3) is 0.381. The monoisotopic (exact) mass is 379 g/mol. The maximum absolute atomic E-state index is 12.6. The van der Waals surface area contributed by atoms with E-state index in [1.54, 1.807) is 11.2 Å². The van der Waals surface area contributed by atoms with Crippen LogP contribution in [0.4, 0.5) is 16.3 Å². The zero-order chi connectivity index (χ0) is 19.9. The van der Waals surface area contributed by atoms with Crippen LogP contribution in [0.1, 0.15) is 39.0 Å². The number of fused-ring (bicyclic) bond motifs is 2. The Hall–Kier alpha value is -3.09. The molecule has 4 rings (SSSR count). The Labute approximate surface area is 164 Å². The summed E-state index contributed by atoms with van der Waals surface area (Å²) >= 11 is 0. The Kier molecular flexibility index (Phi) is 4.45. The van der Waals surface area contributed by atoms with Gasteiger partial charge < -0.3 is 15.0 Å². The van der Waals surface area contributed by atoms with Crippen molar-refractivity contribution < 1.29 is 9.53 Å². The van der Waals surface area contributed by atoms with E-state index in [4.69, 9.17) is 4.74 Å². The predicted molar refractivity (Wildman–Crippen MR) is 109 cm³/mol. The summed E-state index contributed by atoms with van der Waals surface area (Å²) in [6.07, 6.45) is 3.83. The molecule has 1 aromatic carbocycles. The smallest absolute Gasteiger partial charge is 0.410 e. The number of nitrogens with zero attached hydrogens (tertiary/aromatic N) is 3. The van der Waals surface area contributed by atoms with E-state index < -0.39 is 5.60 Å². The molecule has 0 radical (unpaired) electrons. The van der Waals surface area contributed by atoms with Crippen LogP contribution in [-0.2, 0) is 17.7 Å². The molecule has 1 aliphatic rings. The second kappa shape index (κ2) is 6.82. The van der Waals surface area contributed by atoms with Crippen LogP contribution in [0, 0.1) is 0 Å². The predicted octanol–water partition coefficient (Wildman–Crippen LogP) is 4.38. The van der Waals surface area contributed by atoms with Crippen molar-refractivity contribution in [3.8, 4) is 0 Å². The van der Waals surface area contributed by atoms with Gasteiger partial charge in [-0.15, -0.1) is 0 Å². The average Bonchev–Trinajstić information content (AvgIpc) is 3.08. The van der Waals surface area contributed by atoms with Crippen molar-refractivity contribution in [1.29, 1.82) is 0 Å². The number of benzene rings is 1. The quantitative estimate of drug-likeness (QED) is 0.690. The van der Waals surface area contributed by atoms with Crippen molar-refractivity contribution in [3.63, 3.8) is 0 Å². The molecule has 3 aromatic rings. The third-order valence-corrected chi connectivity index (χ3v) is 4.83. The topological polar surface area (TPSA) is 83.1 Å². The molecule has 0 saturated heterocycles. The van der Waals surface area contributed by atoms with Crippen molar-refractivity contribution in [3.05, 3.63) is 48.0 Å². The van der Waals surface area contributed by atoms with Gasteiger partial charge in [0.25, 0.3) is 0 Å². The highest BCUT2D eigenvalue weighted by Crippen LogP contribution is 2.30. The first-order valence-corrected chi connectivity index (χ1v) is 9.47. The van der Waals surface area contributed by atoms with Gasteiger partial charge in [0.15, 0.2) is 0 Å². The SMILES string of the molecule is C[C@H]1Cc2c(ncnc2Nc2ccc3[nH]ccc3c2)CN1C(=O)OC(C)(C)C. The summed E-state index contributed by atoms with van der Waals surface area (Å²) in [4.78, 5) is 26.4. The average molecular weight is 379 g/mol. The first kappa shape index (κ1) is 18.3. The van der Waals surface area contributed by atoms with Crippen molar-refractivity contribution in [1.82, 2.24) is 19.9 Å². The fourth-order valence-electron chi connectivity index (χ4n) is 3.46. The van der Waals surface area contributed by atoms with Crippen molar-refractivity contribution in [2.24, 2.45) is 0 Å². The van der Waals surface area contributed by atoms with Gasteiger partial charge in [-0.25, -0.2) is 14.8 Å². The Balaban J connectivity index is 1.58. The lowest BCUT2D eigenvalue weighted by Crippen LogP contribution is -2.45. The van der Waals surface area contributed by atoms with Gasteiger partial charge in [-0.05, 0) is 58.4 Å². The number of anilines is 2. The van der Waals surface area contributed by atoms with E-state index in [1.807, 2.05) is 52.1 Å². The number of aromatic amines is 1. The third kappa shape index (κ3) is 3.65. The Morgan fingerprint density at radius 2 is 2.11 bits per heavy atom. The molecular formula is C21H25N5O2. The molecule has 0 spiro atoms. The minimum absolute atomic E-state index is 0.000976. The molecule has 1 atom stereocenters. The van der Waals surface area contributed by atoms with Crippen molar-refractivity contribution >= 4 is 28.5 Å². The molecule has 0 bridgehead atoms. The lowest BCUT2D eigenvalue weighted by molar-refractivity contribution is 0.0134. The standard InChI is InChI=1S/C21H25N5O2/c1-13-9-16-18(11-26(13)20(27)28-21(2,3)4)23-12-24-19(16)25-15-5-6-17-14(10-15)7-8-22-17/h5-8,10,12-13,22H,9,11H2,1-4H3,(H,23,24,25)/t13-/m0/s1. The maximum Gasteiger partial charge on any atom is 0.410 e. The molecule has 0 fully saturated rings. The molecule has 7 heteroatoms. The molecule has 28 heavy (non-hydrogen) atoms. The molecule has 0 saturated carbocycles. The summed E-state index contributed by atoms with van der Waals surface area (Å²) in [5.74, 6) is 0.788. The van der Waals surface area contributed by atoms with Crippen LogP contribution >= 0.6 is 0 Å². The fourth-order valence-corrected chi connectivity index (χ4v) is 3.46. The van der Waals surface area contributed by atoms with Crippen LogP contribution in [0.3, 0.4) is 0 Å². The summed E-state index contributed by atoms with van der Waals surface area (Å²) in [5.41, 5.74) is 3.44. The highest BCUT2D eigenvalue weighted by atomic mass is 16.6. The molecular weight excluding hydrogens is 354 g/mol. The zero-order valence-corrected chi connectivity index (χ0v) is 16.6. The first-order valence-electron chi connectivity index (χ1n) is 9.47. The highest BCUT2D eigenvalue weighted by Gasteiger charge is 2.32. The Morgan fingerprint density at radius 1 is 1.29 bits per heavy atom. The number of aromatic nitrogens is 3. The van der Waals surface area contributed by atoms with Crippen LogP contribution in [0.2, 0.25) is 0 Å². The normalized spacial score (nSPS) is 16.7. The van der Waals surface area contributed by atoms with Crippen LogP contribution in [-0.4, -0.2) is 37.6 Å². The molecule has 1 amide bonds. The number of nitrogens with one attached hydrogen (secondary N) is 2. The lowest BCUT2D eigenvalue weighted by Gasteiger charge is -2.35. The van der Waals surface area contributed by atoms with Crippen molar-refractivity contribution in [2.45, 2.75) is 52.3 Å². The molecule has 0 unspecified atom stereocenters. The largest absolute Gasteiger partial charge is 0.444 e. The lowest BCUT2D eigenvalue weighted by atomic mass is 9.99. The second-order valence-corrected chi connectivity index (χ2v) is 8.21. The molecule has 1 aliphatic heterocycles. The minimum Gasteiger partial charge on any atom is -0.444 e. The van der Waals surface area contributed by atoms with Crippen LogP contribution in [0.15, 0.2) is 36.8 Å². The Morgan fingerprint density at radius 3 is 2.89 bits per heavy atom. The molecule has 2 N–H and O–H groups in total. The maximum atomic E-state index is 12.6. The van der Waals surface area contributed by atoms with Gasteiger partial charge in [-0.1, -0.05) is 0 Å². The number of carbonyl (C=O) groups excluding carboxylic acids is 1. The number of rotatable bonds is 2. The summed E-state index contributed by atoms with van der Waals surface area (Å²) in [6, 6.07) is 8.18. The van der Waals surface area contributed by atoms with Crippen LogP contribution in [0.5, 0.6) is 0 Å². The molecule has 2 aromatic heterocycles. The molecule has 146 valence electrons. The summed E-state index contributed by atoms with van der Waals surface area (Å²) in [5, 5.41) is 4.55. The molecule has 7 nitrogen and oxygen atoms in total. The number of hydrogen-bond donors (Lipinski definition) is 2. The van der Waals surface area contributed by atoms with Gasteiger partial charge in [-0.3, -0.25) is 4.90 Å².